The average Bonchev–Trinajstić information content (AvgIpc) is 2.69. The van der Waals surface area contributed by atoms with Crippen molar-refractivity contribution >= 4 is 10.9 Å². The minimum Gasteiger partial charge on any atom is -0.380 e. The second kappa shape index (κ2) is 7.49. The average molecular weight is 375 g/mol. The van der Waals surface area contributed by atoms with E-state index in [1.807, 2.05) is 43.3 Å². The number of nitrogens with zero attached hydrogens (tertiary/aromatic N) is 1. The quantitative estimate of drug-likeness (QED) is 0.417. The molecule has 0 saturated heterocycles. The first-order chi connectivity index (χ1) is 13.6. The first-order valence-corrected chi connectivity index (χ1v) is 9.01. The van der Waals surface area contributed by atoms with E-state index in [4.69, 9.17) is 4.74 Å². The van der Waals surface area contributed by atoms with E-state index in [-0.39, 0.29) is 11.6 Å². The van der Waals surface area contributed by atoms with E-state index in [9.17, 15) is 8.78 Å². The lowest BCUT2D eigenvalue weighted by atomic mass is 9.97. The fourth-order valence-electron chi connectivity index (χ4n) is 3.47. The zero-order valence-corrected chi connectivity index (χ0v) is 15.7. The van der Waals surface area contributed by atoms with Crippen LogP contribution in [0.15, 0.2) is 66.7 Å². The molecule has 1 heterocycles. The van der Waals surface area contributed by atoms with Crippen LogP contribution >= 0.6 is 0 Å². The van der Waals surface area contributed by atoms with E-state index in [1.165, 1.54) is 18.2 Å². The lowest BCUT2D eigenvalue weighted by Crippen LogP contribution is -1.95. The summed E-state index contributed by atoms with van der Waals surface area (Å²) in [6.07, 6.45) is 0. The monoisotopic (exact) mass is 375 g/mol. The van der Waals surface area contributed by atoms with Gasteiger partial charge in [0.1, 0.15) is 11.6 Å². The molecule has 0 spiro atoms. The molecule has 4 heteroatoms. The van der Waals surface area contributed by atoms with Crippen LogP contribution in [-0.4, -0.2) is 12.1 Å². The molecule has 0 amide bonds. The van der Waals surface area contributed by atoms with Gasteiger partial charge in [0, 0.05) is 23.6 Å². The Labute approximate surface area is 162 Å². The molecule has 0 unspecified atom stereocenters. The van der Waals surface area contributed by atoms with Crippen LogP contribution in [0.25, 0.3) is 33.3 Å². The predicted octanol–water partition coefficient (Wildman–Crippen LogP) is 6.30. The molecule has 0 atom stereocenters. The Morgan fingerprint density at radius 2 is 1.71 bits per heavy atom. The van der Waals surface area contributed by atoms with Crippen LogP contribution in [0.4, 0.5) is 8.78 Å². The molecule has 2 nitrogen and oxygen atoms in total. The van der Waals surface area contributed by atoms with Crippen LogP contribution in [0.3, 0.4) is 0 Å². The van der Waals surface area contributed by atoms with Crippen LogP contribution in [-0.2, 0) is 11.3 Å². The molecule has 140 valence electrons. The summed E-state index contributed by atoms with van der Waals surface area (Å²) in [7, 11) is 1.62. The van der Waals surface area contributed by atoms with Gasteiger partial charge in [0.15, 0.2) is 0 Å². The van der Waals surface area contributed by atoms with Gasteiger partial charge in [-0.2, -0.15) is 0 Å². The molecule has 0 saturated carbocycles. The van der Waals surface area contributed by atoms with Gasteiger partial charge in [-0.25, -0.2) is 13.8 Å². The van der Waals surface area contributed by atoms with Crippen molar-refractivity contribution in [1.82, 2.24) is 4.98 Å². The van der Waals surface area contributed by atoms with Gasteiger partial charge in [0.2, 0.25) is 0 Å². The number of benzene rings is 3. The minimum absolute atomic E-state index is 0.296. The van der Waals surface area contributed by atoms with Crippen molar-refractivity contribution in [3.8, 4) is 22.4 Å². The maximum absolute atomic E-state index is 15.0. The Kier molecular flexibility index (Phi) is 4.88. The number of methoxy groups -OCH3 is 1. The Hall–Kier alpha value is -3.11. The SMILES string of the molecule is COCc1ccccc1-c1ccc(-c2cc(C)c3cc(F)ccc3n2)cc1F. The van der Waals surface area contributed by atoms with E-state index in [0.29, 0.717) is 28.9 Å². The molecule has 3 aromatic carbocycles. The number of halogens is 2. The van der Waals surface area contributed by atoms with Crippen molar-refractivity contribution < 1.29 is 13.5 Å². The number of rotatable bonds is 4. The van der Waals surface area contributed by atoms with E-state index in [2.05, 4.69) is 4.98 Å². The largest absolute Gasteiger partial charge is 0.380 e. The smallest absolute Gasteiger partial charge is 0.131 e. The summed E-state index contributed by atoms with van der Waals surface area (Å²) in [6.45, 7) is 2.32. The summed E-state index contributed by atoms with van der Waals surface area (Å²) in [5.41, 5.74) is 5.19. The Bertz CT molecular complexity index is 1170. The minimum atomic E-state index is -0.320. The molecule has 0 N–H and O–H groups in total. The molecule has 1 aromatic heterocycles. The predicted molar refractivity (Wildman–Crippen MR) is 108 cm³/mol. The van der Waals surface area contributed by atoms with E-state index in [0.717, 1.165) is 22.1 Å². The van der Waals surface area contributed by atoms with Crippen LogP contribution < -0.4 is 0 Å². The van der Waals surface area contributed by atoms with Gasteiger partial charge in [-0.1, -0.05) is 36.4 Å². The number of hydrogen-bond acceptors (Lipinski definition) is 2. The molecule has 0 fully saturated rings. The fraction of sp³-hybridized carbons (Fsp3) is 0.125. The van der Waals surface area contributed by atoms with Gasteiger partial charge >= 0.3 is 0 Å². The van der Waals surface area contributed by atoms with Crippen molar-refractivity contribution in [3.63, 3.8) is 0 Å². The first kappa shape index (κ1) is 18.3. The summed E-state index contributed by atoms with van der Waals surface area (Å²) in [5.74, 6) is -0.616. The number of fused-ring (bicyclic) bond motifs is 1. The Morgan fingerprint density at radius 3 is 2.50 bits per heavy atom. The fourth-order valence-corrected chi connectivity index (χ4v) is 3.47. The van der Waals surface area contributed by atoms with Crippen LogP contribution in [0, 0.1) is 18.6 Å². The molecule has 28 heavy (non-hydrogen) atoms. The third-order valence-electron chi connectivity index (χ3n) is 4.85. The number of pyridine rings is 1. The first-order valence-electron chi connectivity index (χ1n) is 9.01. The number of ether oxygens (including phenoxy) is 1. The highest BCUT2D eigenvalue weighted by Gasteiger charge is 2.12. The molecular weight excluding hydrogens is 356 g/mol. The number of hydrogen-bond donors (Lipinski definition) is 0. The second-order valence-electron chi connectivity index (χ2n) is 6.77. The normalized spacial score (nSPS) is 11.1. The summed E-state index contributed by atoms with van der Waals surface area (Å²) in [6, 6.07) is 19.1. The van der Waals surface area contributed by atoms with Crippen LogP contribution in [0.1, 0.15) is 11.1 Å². The number of aryl methyl sites for hydroxylation is 1. The summed E-state index contributed by atoms with van der Waals surface area (Å²) < 4.78 is 33.7. The highest BCUT2D eigenvalue weighted by atomic mass is 19.1. The molecular formula is C24H19F2NO. The topological polar surface area (TPSA) is 22.1 Å². The van der Waals surface area contributed by atoms with Gasteiger partial charge in [0.25, 0.3) is 0 Å². The standard InChI is InChI=1S/C24H19F2NO/c1-15-11-24(27-23-10-8-18(25)13-21(15)23)16-7-9-20(22(26)12-16)19-6-4-3-5-17(19)14-28-2/h3-13H,14H2,1-2H3. The van der Waals surface area contributed by atoms with Gasteiger partial charge in [0.05, 0.1) is 17.8 Å². The summed E-state index contributed by atoms with van der Waals surface area (Å²) in [4.78, 5) is 4.58. The summed E-state index contributed by atoms with van der Waals surface area (Å²) in [5, 5.41) is 0.759. The van der Waals surface area contributed by atoms with Crippen molar-refractivity contribution in [1.29, 1.82) is 0 Å². The molecule has 0 aliphatic heterocycles. The van der Waals surface area contributed by atoms with Crippen LogP contribution in [0.2, 0.25) is 0 Å². The van der Waals surface area contributed by atoms with E-state index >= 15 is 0 Å². The second-order valence-corrected chi connectivity index (χ2v) is 6.77. The highest BCUT2D eigenvalue weighted by molar-refractivity contribution is 5.85. The van der Waals surface area contributed by atoms with Crippen molar-refractivity contribution in [3.05, 3.63) is 89.5 Å². The lowest BCUT2D eigenvalue weighted by molar-refractivity contribution is 0.185. The molecule has 0 aliphatic rings. The lowest BCUT2D eigenvalue weighted by Gasteiger charge is -2.12. The summed E-state index contributed by atoms with van der Waals surface area (Å²) >= 11 is 0. The van der Waals surface area contributed by atoms with E-state index in [1.54, 1.807) is 19.2 Å². The highest BCUT2D eigenvalue weighted by Crippen LogP contribution is 2.31. The Balaban J connectivity index is 1.79. The zero-order chi connectivity index (χ0) is 19.7. The van der Waals surface area contributed by atoms with Crippen molar-refractivity contribution in [2.75, 3.05) is 7.11 Å². The maximum Gasteiger partial charge on any atom is 0.131 e. The Morgan fingerprint density at radius 1 is 0.893 bits per heavy atom. The van der Waals surface area contributed by atoms with Gasteiger partial charge in [-0.15, -0.1) is 0 Å². The molecule has 4 aromatic rings. The van der Waals surface area contributed by atoms with Gasteiger partial charge in [-0.05, 0) is 53.9 Å². The van der Waals surface area contributed by atoms with Crippen molar-refractivity contribution in [2.24, 2.45) is 0 Å². The third-order valence-corrected chi connectivity index (χ3v) is 4.85. The third kappa shape index (κ3) is 3.39. The maximum atomic E-state index is 15.0. The molecule has 0 aliphatic carbocycles. The van der Waals surface area contributed by atoms with Crippen molar-refractivity contribution in [2.45, 2.75) is 13.5 Å². The number of aromatic nitrogens is 1. The molecule has 0 radical (unpaired) electrons. The van der Waals surface area contributed by atoms with Crippen LogP contribution in [0.5, 0.6) is 0 Å². The molecule has 0 bridgehead atoms. The molecule has 4 rings (SSSR count). The van der Waals surface area contributed by atoms with Gasteiger partial charge < -0.3 is 4.74 Å². The zero-order valence-electron chi connectivity index (χ0n) is 15.7. The van der Waals surface area contributed by atoms with Gasteiger partial charge in [-0.3, -0.25) is 0 Å². The van der Waals surface area contributed by atoms with E-state index < -0.39 is 0 Å².